The summed E-state index contributed by atoms with van der Waals surface area (Å²) in [5.41, 5.74) is 6.01. The zero-order valence-electron chi connectivity index (χ0n) is 14.1. The largest absolute Gasteiger partial charge is 0.508 e. The third-order valence-electron chi connectivity index (χ3n) is 3.61. The second kappa shape index (κ2) is 8.02. The number of carbonyl (C=O) groups is 3. The highest BCUT2D eigenvalue weighted by Crippen LogP contribution is 2.21. The Balaban J connectivity index is 2.28. The van der Waals surface area contributed by atoms with Gasteiger partial charge >= 0.3 is 0 Å². The number of nitrogens with zero attached hydrogens (tertiary/aromatic N) is 2. The highest BCUT2D eigenvalue weighted by atomic mass is 16.3. The van der Waals surface area contributed by atoms with E-state index < -0.39 is 11.8 Å². The molecule has 26 heavy (non-hydrogen) atoms. The van der Waals surface area contributed by atoms with E-state index in [1.54, 1.807) is 0 Å². The lowest BCUT2D eigenvalue weighted by atomic mass is 10.2. The minimum atomic E-state index is -0.717. The summed E-state index contributed by atoms with van der Waals surface area (Å²) in [4.78, 5) is 38.4. The average Bonchev–Trinajstić information content (AvgIpc) is 2.59. The molecule has 0 saturated heterocycles. The number of nitrogens with two attached hydrogens (primary N) is 1. The number of benzene rings is 2. The summed E-state index contributed by atoms with van der Waals surface area (Å²) in [6.45, 7) is 0.609. The number of hydrogen-bond acceptors (Lipinski definition) is 5. The molecule has 136 valence electrons. The SMILES string of the molecule is CC(=O)N(CC(=O)N(CC(N)=O)c1ccc(O)cc1)c1ccc(O)cc1. The van der Waals surface area contributed by atoms with Gasteiger partial charge in [-0.1, -0.05) is 0 Å². The Morgan fingerprint density at radius 2 is 1.23 bits per heavy atom. The lowest BCUT2D eigenvalue weighted by Crippen LogP contribution is -2.45. The molecule has 0 radical (unpaired) electrons. The van der Waals surface area contributed by atoms with E-state index in [-0.39, 0.29) is 30.5 Å². The van der Waals surface area contributed by atoms with Crippen molar-refractivity contribution in [3.63, 3.8) is 0 Å². The molecule has 0 atom stereocenters. The van der Waals surface area contributed by atoms with Crippen molar-refractivity contribution in [2.24, 2.45) is 5.73 Å². The van der Waals surface area contributed by atoms with Crippen LogP contribution in [0.15, 0.2) is 48.5 Å². The van der Waals surface area contributed by atoms with Gasteiger partial charge in [0.15, 0.2) is 0 Å². The highest BCUT2D eigenvalue weighted by molar-refractivity contribution is 6.05. The number of phenolic OH excluding ortho intramolecular Hbond substituents is 2. The fourth-order valence-electron chi connectivity index (χ4n) is 2.35. The molecule has 3 amide bonds. The van der Waals surface area contributed by atoms with E-state index in [0.717, 1.165) is 4.90 Å². The van der Waals surface area contributed by atoms with Gasteiger partial charge in [-0.2, -0.15) is 0 Å². The van der Waals surface area contributed by atoms with Crippen molar-refractivity contribution < 1.29 is 24.6 Å². The Labute approximate surface area is 150 Å². The summed E-state index contributed by atoms with van der Waals surface area (Å²) < 4.78 is 0. The number of hydrogen-bond donors (Lipinski definition) is 3. The van der Waals surface area contributed by atoms with Crippen LogP contribution in [-0.2, 0) is 14.4 Å². The number of carbonyl (C=O) groups excluding carboxylic acids is 3. The Morgan fingerprint density at radius 1 is 0.808 bits per heavy atom. The molecular formula is C18H19N3O5. The highest BCUT2D eigenvalue weighted by Gasteiger charge is 2.23. The van der Waals surface area contributed by atoms with E-state index in [1.807, 2.05) is 0 Å². The lowest BCUT2D eigenvalue weighted by molar-refractivity contribution is -0.123. The van der Waals surface area contributed by atoms with Crippen LogP contribution in [0, 0.1) is 0 Å². The van der Waals surface area contributed by atoms with E-state index in [2.05, 4.69) is 0 Å². The van der Waals surface area contributed by atoms with E-state index in [1.165, 1.54) is 60.4 Å². The van der Waals surface area contributed by atoms with E-state index in [9.17, 15) is 24.6 Å². The molecule has 0 bridgehead atoms. The number of anilines is 2. The number of rotatable bonds is 6. The van der Waals surface area contributed by atoms with Gasteiger partial charge < -0.3 is 25.7 Å². The molecule has 8 heteroatoms. The number of amides is 3. The van der Waals surface area contributed by atoms with Gasteiger partial charge in [0.2, 0.25) is 17.7 Å². The van der Waals surface area contributed by atoms with Gasteiger partial charge in [0.05, 0.1) is 0 Å². The van der Waals surface area contributed by atoms with Crippen LogP contribution in [0.3, 0.4) is 0 Å². The molecule has 0 aliphatic heterocycles. The van der Waals surface area contributed by atoms with Crippen LogP contribution in [-0.4, -0.2) is 41.0 Å². The first kappa shape index (κ1) is 18.8. The molecular weight excluding hydrogens is 338 g/mol. The maximum atomic E-state index is 12.7. The molecule has 0 fully saturated rings. The molecule has 8 nitrogen and oxygen atoms in total. The maximum absolute atomic E-state index is 12.7. The van der Waals surface area contributed by atoms with Crippen LogP contribution >= 0.6 is 0 Å². The fraction of sp³-hybridized carbons (Fsp3) is 0.167. The summed E-state index contributed by atoms with van der Waals surface area (Å²) in [5, 5.41) is 18.7. The third-order valence-corrected chi connectivity index (χ3v) is 3.61. The van der Waals surface area contributed by atoms with Crippen LogP contribution in [0.4, 0.5) is 11.4 Å². The topological polar surface area (TPSA) is 124 Å². The molecule has 0 spiro atoms. The zero-order chi connectivity index (χ0) is 19.3. The van der Waals surface area contributed by atoms with Crippen molar-refractivity contribution in [1.82, 2.24) is 0 Å². The van der Waals surface area contributed by atoms with Crippen molar-refractivity contribution in [2.75, 3.05) is 22.9 Å². The molecule has 0 heterocycles. The summed E-state index contributed by atoms with van der Waals surface area (Å²) in [6, 6.07) is 11.5. The van der Waals surface area contributed by atoms with E-state index in [0.29, 0.717) is 11.4 Å². The van der Waals surface area contributed by atoms with Crippen LogP contribution in [0.1, 0.15) is 6.92 Å². The maximum Gasteiger partial charge on any atom is 0.247 e. The number of primary amides is 1. The number of aromatic hydroxyl groups is 2. The Hall–Kier alpha value is -3.55. The minimum absolute atomic E-state index is 0.00896. The van der Waals surface area contributed by atoms with E-state index in [4.69, 9.17) is 5.73 Å². The third kappa shape index (κ3) is 4.73. The minimum Gasteiger partial charge on any atom is -0.508 e. The summed E-state index contributed by atoms with van der Waals surface area (Å²) in [6.07, 6.45) is 0. The Kier molecular flexibility index (Phi) is 5.79. The van der Waals surface area contributed by atoms with Crippen LogP contribution in [0.5, 0.6) is 11.5 Å². The molecule has 4 N–H and O–H groups in total. The van der Waals surface area contributed by atoms with Crippen LogP contribution < -0.4 is 15.5 Å². The van der Waals surface area contributed by atoms with Gasteiger partial charge in [-0.3, -0.25) is 14.4 Å². The van der Waals surface area contributed by atoms with Crippen molar-refractivity contribution >= 4 is 29.1 Å². The summed E-state index contributed by atoms with van der Waals surface area (Å²) >= 11 is 0. The van der Waals surface area contributed by atoms with Gasteiger partial charge in [0.25, 0.3) is 0 Å². The molecule has 0 unspecified atom stereocenters. The molecule has 0 aliphatic rings. The molecule has 0 aromatic heterocycles. The first-order valence-electron chi connectivity index (χ1n) is 7.72. The first-order chi connectivity index (χ1) is 12.3. The molecule has 0 aliphatic carbocycles. The summed E-state index contributed by atoms with van der Waals surface area (Å²) in [5.74, 6) is -1.59. The normalized spacial score (nSPS) is 10.2. The number of phenols is 2. The smallest absolute Gasteiger partial charge is 0.247 e. The monoisotopic (exact) mass is 357 g/mol. The zero-order valence-corrected chi connectivity index (χ0v) is 14.1. The van der Waals surface area contributed by atoms with Crippen molar-refractivity contribution in [2.45, 2.75) is 6.92 Å². The fourth-order valence-corrected chi connectivity index (χ4v) is 2.35. The van der Waals surface area contributed by atoms with E-state index >= 15 is 0 Å². The molecule has 2 rings (SSSR count). The van der Waals surface area contributed by atoms with Crippen LogP contribution in [0.2, 0.25) is 0 Å². The first-order valence-corrected chi connectivity index (χ1v) is 7.72. The Morgan fingerprint density at radius 3 is 1.62 bits per heavy atom. The van der Waals surface area contributed by atoms with Gasteiger partial charge in [0, 0.05) is 18.3 Å². The standard InChI is InChI=1S/C18H19N3O5/c1-12(22)20(13-2-6-15(23)7-3-13)11-18(26)21(10-17(19)25)14-4-8-16(24)9-5-14/h2-9,23-24H,10-11H2,1H3,(H2,19,25). The predicted octanol–water partition coefficient (Wildman–Crippen LogP) is 0.969. The van der Waals surface area contributed by atoms with Crippen molar-refractivity contribution in [3.05, 3.63) is 48.5 Å². The second-order valence-electron chi connectivity index (χ2n) is 5.58. The lowest BCUT2D eigenvalue weighted by Gasteiger charge is -2.26. The quantitative estimate of drug-likeness (QED) is 0.710. The molecule has 2 aromatic carbocycles. The van der Waals surface area contributed by atoms with Gasteiger partial charge in [-0.05, 0) is 48.5 Å². The average molecular weight is 357 g/mol. The van der Waals surface area contributed by atoms with Gasteiger partial charge in [-0.15, -0.1) is 0 Å². The summed E-state index contributed by atoms with van der Waals surface area (Å²) in [7, 11) is 0. The molecule has 2 aromatic rings. The van der Waals surface area contributed by atoms with Crippen LogP contribution in [0.25, 0.3) is 0 Å². The molecule has 0 saturated carbocycles. The Bertz CT molecular complexity index is 803. The second-order valence-corrected chi connectivity index (χ2v) is 5.58. The van der Waals surface area contributed by atoms with Gasteiger partial charge in [0.1, 0.15) is 24.6 Å². The van der Waals surface area contributed by atoms with Crippen molar-refractivity contribution in [3.8, 4) is 11.5 Å². The predicted molar refractivity (Wildman–Crippen MR) is 95.8 cm³/mol. The van der Waals surface area contributed by atoms with Gasteiger partial charge in [-0.25, -0.2) is 0 Å². The van der Waals surface area contributed by atoms with Crippen molar-refractivity contribution in [1.29, 1.82) is 0 Å².